The fourth-order valence-electron chi connectivity index (χ4n) is 2.30. The Kier molecular flexibility index (Phi) is 3.89. The lowest BCUT2D eigenvalue weighted by Gasteiger charge is -2.32. The monoisotopic (exact) mass is 358 g/mol. The topological polar surface area (TPSA) is 96.2 Å². The number of esters is 2. The molecular formula is C13H12Cl2N4O4. The minimum absolute atomic E-state index is 0.0116. The van der Waals surface area contributed by atoms with Crippen LogP contribution in [0.2, 0.25) is 10.4 Å². The summed E-state index contributed by atoms with van der Waals surface area (Å²) in [5, 5.41) is 0.125. The summed E-state index contributed by atoms with van der Waals surface area (Å²) < 4.78 is 11.8. The number of aromatic nitrogens is 4. The van der Waals surface area contributed by atoms with Gasteiger partial charge < -0.3 is 14.0 Å². The lowest BCUT2D eigenvalue weighted by Crippen LogP contribution is -2.46. The second-order valence-electron chi connectivity index (χ2n) is 5.48. The van der Waals surface area contributed by atoms with E-state index in [2.05, 4.69) is 15.0 Å². The molecule has 0 bridgehead atoms. The van der Waals surface area contributed by atoms with Crippen molar-refractivity contribution in [1.29, 1.82) is 0 Å². The van der Waals surface area contributed by atoms with Gasteiger partial charge in [-0.1, -0.05) is 11.6 Å². The molecular weight excluding hydrogens is 347 g/mol. The first kappa shape index (κ1) is 15.9. The zero-order valence-electron chi connectivity index (χ0n) is 12.2. The third kappa shape index (κ3) is 3.09. The number of aryl methyl sites for hydroxylation is 1. The van der Waals surface area contributed by atoms with Gasteiger partial charge in [-0.2, -0.15) is 4.98 Å². The standard InChI is InChI=1S/C13H12Cl2N4O4/c1-13(2)22-10(20)6(11(21)23-13)3-4-19-5-16-7-8(14)17-12(15)18-9(7)19/h5-6H,3-4H2,1-2H3. The van der Waals surface area contributed by atoms with Gasteiger partial charge in [0.25, 0.3) is 5.79 Å². The van der Waals surface area contributed by atoms with Crippen LogP contribution in [0.3, 0.4) is 0 Å². The Morgan fingerprint density at radius 2 is 1.87 bits per heavy atom. The van der Waals surface area contributed by atoms with Crippen molar-refractivity contribution in [2.75, 3.05) is 0 Å². The Bertz CT molecular complexity index is 785. The van der Waals surface area contributed by atoms with Crippen LogP contribution in [0.15, 0.2) is 6.33 Å². The maximum absolute atomic E-state index is 11.9. The van der Waals surface area contributed by atoms with Crippen molar-refractivity contribution in [3.63, 3.8) is 0 Å². The molecule has 0 spiro atoms. The summed E-state index contributed by atoms with van der Waals surface area (Å²) in [6, 6.07) is 0. The van der Waals surface area contributed by atoms with E-state index < -0.39 is 23.6 Å². The number of rotatable bonds is 3. The predicted octanol–water partition coefficient (Wildman–Crippen LogP) is 1.98. The van der Waals surface area contributed by atoms with Gasteiger partial charge in [-0.15, -0.1) is 0 Å². The van der Waals surface area contributed by atoms with E-state index in [0.29, 0.717) is 11.2 Å². The molecule has 3 heterocycles. The minimum atomic E-state index is -1.24. The van der Waals surface area contributed by atoms with E-state index in [1.165, 1.54) is 20.2 Å². The Morgan fingerprint density at radius 3 is 2.52 bits per heavy atom. The van der Waals surface area contributed by atoms with Gasteiger partial charge in [0.2, 0.25) is 5.28 Å². The summed E-state index contributed by atoms with van der Waals surface area (Å²) in [5.41, 5.74) is 0.818. The average molecular weight is 359 g/mol. The molecule has 0 amide bonds. The lowest BCUT2D eigenvalue weighted by molar-refractivity contribution is -0.240. The third-order valence-electron chi connectivity index (χ3n) is 3.31. The molecule has 23 heavy (non-hydrogen) atoms. The van der Waals surface area contributed by atoms with Crippen LogP contribution in [-0.4, -0.2) is 37.2 Å². The number of hydrogen-bond acceptors (Lipinski definition) is 7. The Morgan fingerprint density at radius 1 is 1.22 bits per heavy atom. The van der Waals surface area contributed by atoms with E-state index in [4.69, 9.17) is 32.7 Å². The van der Waals surface area contributed by atoms with Crippen molar-refractivity contribution in [2.24, 2.45) is 5.92 Å². The van der Waals surface area contributed by atoms with E-state index in [1.807, 2.05) is 0 Å². The smallest absolute Gasteiger partial charge is 0.323 e. The Balaban J connectivity index is 1.79. The Hall–Kier alpha value is -1.93. The van der Waals surface area contributed by atoms with E-state index in [0.717, 1.165) is 0 Å². The minimum Gasteiger partial charge on any atom is -0.422 e. The summed E-state index contributed by atoms with van der Waals surface area (Å²) in [5.74, 6) is -3.45. The van der Waals surface area contributed by atoms with Crippen molar-refractivity contribution >= 4 is 46.3 Å². The summed E-state index contributed by atoms with van der Waals surface area (Å²) in [6.07, 6.45) is 1.67. The molecule has 1 saturated heterocycles. The summed E-state index contributed by atoms with van der Waals surface area (Å²) in [6.45, 7) is 3.29. The zero-order chi connectivity index (χ0) is 16.8. The molecule has 10 heteroatoms. The normalized spacial score (nSPS) is 18.1. The molecule has 0 unspecified atom stereocenters. The number of cyclic esters (lactones) is 2. The van der Waals surface area contributed by atoms with Gasteiger partial charge in [0.05, 0.1) is 6.33 Å². The quantitative estimate of drug-likeness (QED) is 0.358. The van der Waals surface area contributed by atoms with Crippen LogP contribution in [-0.2, 0) is 25.6 Å². The van der Waals surface area contributed by atoms with Gasteiger partial charge in [-0.3, -0.25) is 9.59 Å². The van der Waals surface area contributed by atoms with Crippen molar-refractivity contribution in [1.82, 2.24) is 19.5 Å². The van der Waals surface area contributed by atoms with E-state index in [-0.39, 0.29) is 23.4 Å². The van der Waals surface area contributed by atoms with Crippen LogP contribution in [0.5, 0.6) is 0 Å². The fourth-order valence-corrected chi connectivity index (χ4v) is 2.72. The van der Waals surface area contributed by atoms with Crippen LogP contribution in [0, 0.1) is 5.92 Å². The zero-order valence-corrected chi connectivity index (χ0v) is 13.8. The second-order valence-corrected chi connectivity index (χ2v) is 6.17. The number of carbonyl (C=O) groups is 2. The van der Waals surface area contributed by atoms with Gasteiger partial charge in [0.15, 0.2) is 16.7 Å². The molecule has 8 nitrogen and oxygen atoms in total. The van der Waals surface area contributed by atoms with Gasteiger partial charge in [0, 0.05) is 20.4 Å². The van der Waals surface area contributed by atoms with Gasteiger partial charge in [-0.05, 0) is 18.0 Å². The third-order valence-corrected chi connectivity index (χ3v) is 3.75. The van der Waals surface area contributed by atoms with Crippen molar-refractivity contribution in [3.8, 4) is 0 Å². The maximum Gasteiger partial charge on any atom is 0.323 e. The molecule has 0 N–H and O–H groups in total. The maximum atomic E-state index is 11.9. The van der Waals surface area contributed by atoms with E-state index in [9.17, 15) is 9.59 Å². The van der Waals surface area contributed by atoms with Crippen LogP contribution in [0.25, 0.3) is 11.2 Å². The lowest BCUT2D eigenvalue weighted by atomic mass is 10.0. The molecule has 0 radical (unpaired) electrons. The number of hydrogen-bond donors (Lipinski definition) is 0. The highest BCUT2D eigenvalue weighted by atomic mass is 35.5. The van der Waals surface area contributed by atoms with Crippen molar-refractivity contribution in [3.05, 3.63) is 16.8 Å². The summed E-state index contributed by atoms with van der Waals surface area (Å²) >= 11 is 11.7. The molecule has 1 aliphatic rings. The SMILES string of the molecule is CC1(C)OC(=O)C(CCn2cnc3c(Cl)nc(Cl)nc32)C(=O)O1. The summed E-state index contributed by atoms with van der Waals surface area (Å²) in [4.78, 5) is 35.8. The molecule has 0 atom stereocenters. The highest BCUT2D eigenvalue weighted by Crippen LogP contribution is 2.26. The number of carbonyl (C=O) groups excluding carboxylic acids is 2. The molecule has 1 aliphatic heterocycles. The first-order valence-corrected chi connectivity index (χ1v) is 7.52. The van der Waals surface area contributed by atoms with Gasteiger partial charge >= 0.3 is 11.9 Å². The molecule has 0 aromatic carbocycles. The van der Waals surface area contributed by atoms with Crippen molar-refractivity contribution < 1.29 is 19.1 Å². The van der Waals surface area contributed by atoms with Crippen LogP contribution >= 0.6 is 23.2 Å². The molecule has 3 rings (SSSR count). The van der Waals surface area contributed by atoms with E-state index in [1.54, 1.807) is 4.57 Å². The van der Waals surface area contributed by atoms with Crippen LogP contribution < -0.4 is 0 Å². The molecule has 1 fully saturated rings. The highest BCUT2D eigenvalue weighted by Gasteiger charge is 2.42. The van der Waals surface area contributed by atoms with Crippen molar-refractivity contribution in [2.45, 2.75) is 32.6 Å². The predicted molar refractivity (Wildman–Crippen MR) is 79.7 cm³/mol. The first-order chi connectivity index (χ1) is 10.8. The van der Waals surface area contributed by atoms with Crippen LogP contribution in [0.1, 0.15) is 20.3 Å². The van der Waals surface area contributed by atoms with Gasteiger partial charge in [0.1, 0.15) is 5.52 Å². The average Bonchev–Trinajstić information content (AvgIpc) is 2.79. The molecule has 0 saturated carbocycles. The number of halogens is 2. The number of nitrogens with zero attached hydrogens (tertiary/aromatic N) is 4. The Labute approximate surface area is 140 Å². The fraction of sp³-hybridized carbons (Fsp3) is 0.462. The molecule has 2 aromatic heterocycles. The largest absolute Gasteiger partial charge is 0.422 e. The number of fused-ring (bicyclic) bond motifs is 1. The van der Waals surface area contributed by atoms with Crippen LogP contribution in [0.4, 0.5) is 0 Å². The molecule has 122 valence electrons. The molecule has 2 aromatic rings. The van der Waals surface area contributed by atoms with Gasteiger partial charge in [-0.25, -0.2) is 9.97 Å². The molecule has 0 aliphatic carbocycles. The van der Waals surface area contributed by atoms with E-state index >= 15 is 0 Å². The number of ether oxygens (including phenoxy) is 2. The highest BCUT2D eigenvalue weighted by molar-refractivity contribution is 6.35. The second kappa shape index (κ2) is 5.61. The summed E-state index contributed by atoms with van der Waals surface area (Å²) in [7, 11) is 0. The first-order valence-electron chi connectivity index (χ1n) is 6.76. The number of imidazole rings is 1.